The molecule has 2 aromatic heterocycles. The largest absolute Gasteiger partial charge is 0.351 e. The first-order chi connectivity index (χ1) is 9.93. The van der Waals surface area contributed by atoms with E-state index in [1.807, 2.05) is 30.5 Å². The molecule has 0 bridgehead atoms. The van der Waals surface area contributed by atoms with Crippen molar-refractivity contribution in [2.45, 2.75) is 40.5 Å². The maximum Gasteiger partial charge on any atom is 0.270 e. The van der Waals surface area contributed by atoms with Crippen molar-refractivity contribution in [1.82, 2.24) is 14.7 Å². The van der Waals surface area contributed by atoms with Crippen LogP contribution in [0, 0.1) is 12.8 Å². The fourth-order valence-electron chi connectivity index (χ4n) is 2.32. The van der Waals surface area contributed by atoms with Gasteiger partial charge in [0.05, 0.1) is 10.2 Å². The maximum absolute atomic E-state index is 12.5. The molecule has 0 saturated heterocycles. The van der Waals surface area contributed by atoms with E-state index in [0.717, 1.165) is 34.2 Å². The number of aromatic nitrogens is 2. The molecule has 0 aromatic carbocycles. The molecule has 0 aliphatic carbocycles. The van der Waals surface area contributed by atoms with E-state index < -0.39 is 0 Å². The first kappa shape index (κ1) is 16.0. The second kappa shape index (κ2) is 6.60. The smallest absolute Gasteiger partial charge is 0.270 e. The molecule has 2 aromatic rings. The summed E-state index contributed by atoms with van der Waals surface area (Å²) in [4.78, 5) is 17.1. The standard InChI is InChI=1S/C16H22BrN3O/c1-5-13-14(16(21)18-7-6-10(2)3)20-9-11(4)8-12(17)15(20)19-13/h8-10H,5-7H2,1-4H3,(H,18,21). The van der Waals surface area contributed by atoms with Gasteiger partial charge < -0.3 is 5.32 Å². The highest BCUT2D eigenvalue weighted by Crippen LogP contribution is 2.23. The summed E-state index contributed by atoms with van der Waals surface area (Å²) in [7, 11) is 0. The second-order valence-electron chi connectivity index (χ2n) is 5.76. The van der Waals surface area contributed by atoms with Crippen molar-refractivity contribution < 1.29 is 4.79 Å². The van der Waals surface area contributed by atoms with Gasteiger partial charge >= 0.3 is 0 Å². The van der Waals surface area contributed by atoms with Crippen LogP contribution >= 0.6 is 15.9 Å². The van der Waals surface area contributed by atoms with E-state index in [1.54, 1.807) is 0 Å². The van der Waals surface area contributed by atoms with E-state index in [-0.39, 0.29) is 5.91 Å². The summed E-state index contributed by atoms with van der Waals surface area (Å²) in [6, 6.07) is 2.02. The number of carbonyl (C=O) groups is 1. The Labute approximate surface area is 134 Å². The van der Waals surface area contributed by atoms with Gasteiger partial charge in [0.25, 0.3) is 5.91 Å². The maximum atomic E-state index is 12.5. The molecule has 0 unspecified atom stereocenters. The molecule has 1 N–H and O–H groups in total. The van der Waals surface area contributed by atoms with Crippen LogP contribution in [0.4, 0.5) is 0 Å². The predicted molar refractivity (Wildman–Crippen MR) is 88.8 cm³/mol. The zero-order chi connectivity index (χ0) is 15.6. The zero-order valence-corrected chi connectivity index (χ0v) is 14.6. The van der Waals surface area contributed by atoms with E-state index in [4.69, 9.17) is 0 Å². The lowest BCUT2D eigenvalue weighted by atomic mass is 10.1. The number of nitrogens with zero attached hydrogens (tertiary/aromatic N) is 2. The Morgan fingerprint density at radius 2 is 2.19 bits per heavy atom. The Morgan fingerprint density at radius 3 is 2.81 bits per heavy atom. The highest BCUT2D eigenvalue weighted by Gasteiger charge is 2.19. The van der Waals surface area contributed by atoms with Crippen LogP contribution in [0.1, 0.15) is 48.9 Å². The van der Waals surface area contributed by atoms with Crippen molar-refractivity contribution >= 4 is 27.5 Å². The van der Waals surface area contributed by atoms with Crippen LogP contribution in [0.25, 0.3) is 5.65 Å². The summed E-state index contributed by atoms with van der Waals surface area (Å²) in [5.41, 5.74) is 3.38. The van der Waals surface area contributed by atoms with Crippen LogP contribution in [0.15, 0.2) is 16.7 Å². The van der Waals surface area contributed by atoms with Crippen LogP contribution in [-0.4, -0.2) is 21.8 Å². The van der Waals surface area contributed by atoms with Gasteiger partial charge in [-0.05, 0) is 53.2 Å². The van der Waals surface area contributed by atoms with Crippen molar-refractivity contribution in [3.05, 3.63) is 33.7 Å². The number of aryl methyl sites for hydroxylation is 2. The average molecular weight is 352 g/mol. The van der Waals surface area contributed by atoms with E-state index in [0.29, 0.717) is 18.2 Å². The molecule has 0 atom stereocenters. The SMILES string of the molecule is CCc1nc2c(Br)cc(C)cn2c1C(=O)NCCC(C)C. The van der Waals surface area contributed by atoms with Crippen LogP contribution in [0.5, 0.6) is 0 Å². The number of hydrogen-bond donors (Lipinski definition) is 1. The Morgan fingerprint density at radius 1 is 1.48 bits per heavy atom. The zero-order valence-electron chi connectivity index (χ0n) is 13.0. The van der Waals surface area contributed by atoms with Crippen LogP contribution in [0.3, 0.4) is 0 Å². The molecular formula is C16H22BrN3O. The molecular weight excluding hydrogens is 330 g/mol. The minimum Gasteiger partial charge on any atom is -0.351 e. The van der Waals surface area contributed by atoms with Crippen LogP contribution < -0.4 is 5.32 Å². The monoisotopic (exact) mass is 351 g/mol. The van der Waals surface area contributed by atoms with Gasteiger partial charge in [0.2, 0.25) is 0 Å². The van der Waals surface area contributed by atoms with Crippen molar-refractivity contribution in [3.8, 4) is 0 Å². The minimum absolute atomic E-state index is 0.0440. The lowest BCUT2D eigenvalue weighted by Crippen LogP contribution is -2.27. The molecule has 0 fully saturated rings. The molecule has 0 radical (unpaired) electrons. The third kappa shape index (κ3) is 3.46. The van der Waals surface area contributed by atoms with Gasteiger partial charge in [0, 0.05) is 12.7 Å². The highest BCUT2D eigenvalue weighted by molar-refractivity contribution is 9.10. The highest BCUT2D eigenvalue weighted by atomic mass is 79.9. The minimum atomic E-state index is -0.0440. The van der Waals surface area contributed by atoms with Gasteiger partial charge in [-0.15, -0.1) is 0 Å². The van der Waals surface area contributed by atoms with Crippen molar-refractivity contribution in [2.24, 2.45) is 5.92 Å². The molecule has 0 saturated carbocycles. The van der Waals surface area contributed by atoms with E-state index in [1.165, 1.54) is 0 Å². The van der Waals surface area contributed by atoms with Crippen molar-refractivity contribution in [1.29, 1.82) is 0 Å². The van der Waals surface area contributed by atoms with E-state index >= 15 is 0 Å². The number of nitrogens with one attached hydrogen (secondary N) is 1. The quantitative estimate of drug-likeness (QED) is 0.891. The summed E-state index contributed by atoms with van der Waals surface area (Å²) in [6.07, 6.45) is 3.68. The van der Waals surface area contributed by atoms with E-state index in [2.05, 4.69) is 40.1 Å². The van der Waals surface area contributed by atoms with E-state index in [9.17, 15) is 4.79 Å². The molecule has 2 heterocycles. The Balaban J connectivity index is 2.39. The fourth-order valence-corrected chi connectivity index (χ4v) is 2.96. The van der Waals surface area contributed by atoms with Crippen molar-refractivity contribution in [3.63, 3.8) is 0 Å². The lowest BCUT2D eigenvalue weighted by molar-refractivity contribution is 0.0945. The molecule has 0 aliphatic heterocycles. The second-order valence-corrected chi connectivity index (χ2v) is 6.61. The third-order valence-corrected chi connectivity index (χ3v) is 4.02. The van der Waals surface area contributed by atoms with Gasteiger partial charge in [0.15, 0.2) is 5.65 Å². The molecule has 5 heteroatoms. The average Bonchev–Trinajstić information content (AvgIpc) is 2.76. The summed E-state index contributed by atoms with van der Waals surface area (Å²) in [5.74, 6) is 0.534. The van der Waals surface area contributed by atoms with Crippen molar-refractivity contribution in [2.75, 3.05) is 6.54 Å². The summed E-state index contributed by atoms with van der Waals surface area (Å²) in [5, 5.41) is 3.01. The summed E-state index contributed by atoms with van der Waals surface area (Å²) in [6.45, 7) is 9.03. The normalized spacial score (nSPS) is 11.3. The Bertz CT molecular complexity index is 661. The number of pyridine rings is 1. The van der Waals surface area contributed by atoms with Gasteiger partial charge in [-0.2, -0.15) is 0 Å². The third-order valence-electron chi connectivity index (χ3n) is 3.44. The number of amides is 1. The van der Waals surface area contributed by atoms with Crippen LogP contribution in [0.2, 0.25) is 0 Å². The molecule has 0 aliphatic rings. The predicted octanol–water partition coefficient (Wildman–Crippen LogP) is 3.74. The Hall–Kier alpha value is -1.36. The number of fused-ring (bicyclic) bond motifs is 1. The van der Waals surface area contributed by atoms with Gasteiger partial charge in [-0.25, -0.2) is 4.98 Å². The van der Waals surface area contributed by atoms with Crippen LogP contribution in [-0.2, 0) is 6.42 Å². The fraction of sp³-hybridized carbons (Fsp3) is 0.500. The number of imidazole rings is 1. The lowest BCUT2D eigenvalue weighted by Gasteiger charge is -2.09. The number of rotatable bonds is 5. The summed E-state index contributed by atoms with van der Waals surface area (Å²) < 4.78 is 2.81. The summed E-state index contributed by atoms with van der Waals surface area (Å²) >= 11 is 3.53. The van der Waals surface area contributed by atoms with Gasteiger partial charge in [-0.1, -0.05) is 20.8 Å². The number of carbonyl (C=O) groups excluding carboxylic acids is 1. The van der Waals surface area contributed by atoms with Gasteiger partial charge in [-0.3, -0.25) is 9.20 Å². The molecule has 21 heavy (non-hydrogen) atoms. The molecule has 4 nitrogen and oxygen atoms in total. The first-order valence-corrected chi connectivity index (χ1v) is 8.18. The molecule has 1 amide bonds. The number of hydrogen-bond acceptors (Lipinski definition) is 2. The van der Waals surface area contributed by atoms with Gasteiger partial charge in [0.1, 0.15) is 5.69 Å². The molecule has 0 spiro atoms. The number of halogens is 1. The Kier molecular flexibility index (Phi) is 5.04. The molecule has 114 valence electrons. The topological polar surface area (TPSA) is 46.4 Å². The first-order valence-electron chi connectivity index (χ1n) is 7.39. The molecule has 2 rings (SSSR count).